The highest BCUT2D eigenvalue weighted by atomic mass is 16.4. The molecular weight excluding hydrogens is 190 g/mol. The molecule has 88 valence electrons. The first-order chi connectivity index (χ1) is 6.81. The van der Waals surface area contributed by atoms with Gasteiger partial charge in [-0.1, -0.05) is 27.7 Å². The zero-order valence-electron chi connectivity index (χ0n) is 10.3. The van der Waals surface area contributed by atoms with Crippen LogP contribution in [0.15, 0.2) is 0 Å². The molecule has 0 aromatic rings. The normalized spacial score (nSPS) is 28.3. The summed E-state index contributed by atoms with van der Waals surface area (Å²) >= 11 is 0. The molecule has 2 unspecified atom stereocenters. The van der Waals surface area contributed by atoms with Crippen molar-refractivity contribution in [3.8, 4) is 0 Å². The second-order valence-electron chi connectivity index (χ2n) is 5.90. The third kappa shape index (κ3) is 3.49. The second kappa shape index (κ2) is 4.52. The molecule has 0 spiro atoms. The fraction of sp³-hybridized carbons (Fsp3) is 0.917. The molecule has 2 atom stereocenters. The smallest absolute Gasteiger partial charge is 0.321 e. The molecule has 0 aromatic heterocycles. The Labute approximate surface area is 92.5 Å². The van der Waals surface area contributed by atoms with Crippen molar-refractivity contribution in [1.29, 1.82) is 0 Å². The largest absolute Gasteiger partial charge is 0.480 e. The fourth-order valence-electron chi connectivity index (χ4n) is 2.16. The summed E-state index contributed by atoms with van der Waals surface area (Å²) in [5.41, 5.74) is 0.287. The van der Waals surface area contributed by atoms with E-state index in [1.165, 1.54) is 0 Å². The Morgan fingerprint density at radius 3 is 2.53 bits per heavy atom. The molecular formula is C12H23NO2. The van der Waals surface area contributed by atoms with Gasteiger partial charge in [-0.15, -0.1) is 0 Å². The molecule has 0 radical (unpaired) electrons. The van der Waals surface area contributed by atoms with Gasteiger partial charge in [0.15, 0.2) is 0 Å². The Morgan fingerprint density at radius 2 is 2.07 bits per heavy atom. The van der Waals surface area contributed by atoms with Crippen LogP contribution in [0.1, 0.15) is 40.5 Å². The summed E-state index contributed by atoms with van der Waals surface area (Å²) < 4.78 is 0. The number of aliphatic carboxylic acids is 1. The summed E-state index contributed by atoms with van der Waals surface area (Å²) in [6.07, 6.45) is 2.07. The van der Waals surface area contributed by atoms with Gasteiger partial charge < -0.3 is 5.11 Å². The van der Waals surface area contributed by atoms with E-state index < -0.39 is 5.97 Å². The van der Waals surface area contributed by atoms with Gasteiger partial charge >= 0.3 is 5.97 Å². The lowest BCUT2D eigenvalue weighted by atomic mass is 9.92. The fourth-order valence-corrected chi connectivity index (χ4v) is 2.16. The summed E-state index contributed by atoms with van der Waals surface area (Å²) in [5, 5.41) is 9.14. The van der Waals surface area contributed by atoms with Gasteiger partial charge in [0.1, 0.15) is 6.04 Å². The van der Waals surface area contributed by atoms with Gasteiger partial charge in [-0.2, -0.15) is 0 Å². The molecule has 1 fully saturated rings. The first-order valence-corrected chi connectivity index (χ1v) is 5.78. The number of carboxylic acid groups (broad SMARTS) is 1. The number of hydrogen-bond acceptors (Lipinski definition) is 2. The maximum absolute atomic E-state index is 11.1. The van der Waals surface area contributed by atoms with Crippen LogP contribution in [-0.4, -0.2) is 35.1 Å². The molecule has 1 heterocycles. The Kier molecular flexibility index (Phi) is 3.77. The number of nitrogens with zero attached hydrogens (tertiary/aromatic N) is 1. The summed E-state index contributed by atoms with van der Waals surface area (Å²) in [7, 11) is 0. The Hall–Kier alpha value is -0.570. The van der Waals surface area contributed by atoms with E-state index >= 15 is 0 Å². The predicted molar refractivity (Wildman–Crippen MR) is 60.8 cm³/mol. The van der Waals surface area contributed by atoms with Gasteiger partial charge in [0, 0.05) is 0 Å². The molecule has 15 heavy (non-hydrogen) atoms. The van der Waals surface area contributed by atoms with E-state index in [0.717, 1.165) is 25.9 Å². The minimum Gasteiger partial charge on any atom is -0.480 e. The molecule has 0 aromatic carbocycles. The van der Waals surface area contributed by atoms with Gasteiger partial charge in [0.2, 0.25) is 0 Å². The number of carboxylic acids is 1. The highest BCUT2D eigenvalue weighted by Crippen LogP contribution is 2.27. The van der Waals surface area contributed by atoms with E-state index in [4.69, 9.17) is 5.11 Å². The maximum atomic E-state index is 11.1. The Balaban J connectivity index is 2.51. The molecule has 1 rings (SSSR count). The van der Waals surface area contributed by atoms with Crippen LogP contribution in [0.3, 0.4) is 0 Å². The van der Waals surface area contributed by atoms with Crippen molar-refractivity contribution in [3.63, 3.8) is 0 Å². The monoisotopic (exact) mass is 213 g/mol. The maximum Gasteiger partial charge on any atom is 0.321 e. The molecule has 1 saturated heterocycles. The van der Waals surface area contributed by atoms with Gasteiger partial charge in [0.05, 0.1) is 0 Å². The summed E-state index contributed by atoms with van der Waals surface area (Å²) in [4.78, 5) is 13.2. The number of rotatable bonds is 3. The second-order valence-corrected chi connectivity index (χ2v) is 5.90. The van der Waals surface area contributed by atoms with E-state index in [-0.39, 0.29) is 11.5 Å². The SMILES string of the molecule is CC1CCN(CCC(C)(C)C)C1C(=O)O. The standard InChI is InChI=1S/C12H23NO2/c1-9-5-7-13(10(9)11(14)15)8-6-12(2,3)4/h9-10H,5-8H2,1-4H3,(H,14,15). The lowest BCUT2D eigenvalue weighted by molar-refractivity contribution is -0.143. The highest BCUT2D eigenvalue weighted by molar-refractivity contribution is 5.74. The molecule has 0 saturated carbocycles. The van der Waals surface area contributed by atoms with Gasteiger partial charge in [-0.05, 0) is 37.3 Å². The third-order valence-corrected chi connectivity index (χ3v) is 3.21. The number of likely N-dealkylation sites (tertiary alicyclic amines) is 1. The topological polar surface area (TPSA) is 40.5 Å². The molecule has 3 heteroatoms. The van der Waals surface area contributed by atoms with Crippen LogP contribution in [0, 0.1) is 11.3 Å². The molecule has 1 aliphatic rings. The van der Waals surface area contributed by atoms with Crippen LogP contribution in [0.5, 0.6) is 0 Å². The van der Waals surface area contributed by atoms with Crippen LogP contribution in [0.4, 0.5) is 0 Å². The average Bonchev–Trinajstić information content (AvgIpc) is 2.42. The molecule has 0 amide bonds. The molecule has 0 aliphatic carbocycles. The highest BCUT2D eigenvalue weighted by Gasteiger charge is 2.36. The average molecular weight is 213 g/mol. The van der Waals surface area contributed by atoms with Crippen molar-refractivity contribution < 1.29 is 9.90 Å². The first-order valence-electron chi connectivity index (χ1n) is 5.78. The van der Waals surface area contributed by atoms with Crippen LogP contribution >= 0.6 is 0 Å². The minimum atomic E-state index is -0.658. The van der Waals surface area contributed by atoms with Crippen molar-refractivity contribution in [3.05, 3.63) is 0 Å². The Morgan fingerprint density at radius 1 is 1.47 bits per heavy atom. The van der Waals surface area contributed by atoms with E-state index in [1.54, 1.807) is 0 Å². The van der Waals surface area contributed by atoms with Gasteiger partial charge in [-0.25, -0.2) is 0 Å². The van der Waals surface area contributed by atoms with Crippen molar-refractivity contribution in [1.82, 2.24) is 4.90 Å². The lowest BCUT2D eigenvalue weighted by Gasteiger charge is -2.27. The van der Waals surface area contributed by atoms with E-state index in [9.17, 15) is 4.79 Å². The first kappa shape index (κ1) is 12.5. The van der Waals surface area contributed by atoms with Gasteiger partial charge in [0.25, 0.3) is 0 Å². The minimum absolute atomic E-state index is 0.257. The summed E-state index contributed by atoms with van der Waals surface area (Å²) in [6.45, 7) is 10.5. The molecule has 0 bridgehead atoms. The summed E-state index contributed by atoms with van der Waals surface area (Å²) in [5.74, 6) is -0.364. The molecule has 1 N–H and O–H groups in total. The van der Waals surface area contributed by atoms with Crippen LogP contribution in [0.25, 0.3) is 0 Å². The molecule has 1 aliphatic heterocycles. The lowest BCUT2D eigenvalue weighted by Crippen LogP contribution is -2.40. The molecule has 3 nitrogen and oxygen atoms in total. The van der Waals surface area contributed by atoms with E-state index in [0.29, 0.717) is 5.92 Å². The predicted octanol–water partition coefficient (Wildman–Crippen LogP) is 2.22. The van der Waals surface area contributed by atoms with Crippen molar-refractivity contribution in [2.45, 2.75) is 46.6 Å². The quantitative estimate of drug-likeness (QED) is 0.781. The zero-order valence-corrected chi connectivity index (χ0v) is 10.3. The van der Waals surface area contributed by atoms with Crippen molar-refractivity contribution in [2.24, 2.45) is 11.3 Å². The van der Waals surface area contributed by atoms with E-state index in [1.807, 2.05) is 6.92 Å². The Bertz CT molecular complexity index is 232. The van der Waals surface area contributed by atoms with E-state index in [2.05, 4.69) is 25.7 Å². The van der Waals surface area contributed by atoms with Crippen molar-refractivity contribution in [2.75, 3.05) is 13.1 Å². The van der Waals surface area contributed by atoms with Crippen molar-refractivity contribution >= 4 is 5.97 Å². The third-order valence-electron chi connectivity index (χ3n) is 3.21. The zero-order chi connectivity index (χ0) is 11.6. The number of hydrogen-bond donors (Lipinski definition) is 1. The van der Waals surface area contributed by atoms with Crippen LogP contribution in [0.2, 0.25) is 0 Å². The number of carbonyl (C=O) groups is 1. The summed E-state index contributed by atoms with van der Waals surface area (Å²) in [6, 6.07) is -0.257. The van der Waals surface area contributed by atoms with Crippen LogP contribution < -0.4 is 0 Å². The van der Waals surface area contributed by atoms with Crippen LogP contribution in [-0.2, 0) is 4.79 Å². The van der Waals surface area contributed by atoms with Gasteiger partial charge in [-0.3, -0.25) is 9.69 Å².